The molecule has 2 N–H and O–H groups in total. The third-order valence-corrected chi connectivity index (χ3v) is 3.99. The predicted molar refractivity (Wildman–Crippen MR) is 76.6 cm³/mol. The van der Waals surface area contributed by atoms with Crippen LogP contribution in [0.3, 0.4) is 0 Å². The summed E-state index contributed by atoms with van der Waals surface area (Å²) in [4.78, 5) is 8.79. The lowest BCUT2D eigenvalue weighted by molar-refractivity contribution is 0.618. The molecule has 0 bridgehead atoms. The summed E-state index contributed by atoms with van der Waals surface area (Å²) in [6.45, 7) is 5.89. The third kappa shape index (κ3) is 3.04. The van der Waals surface area contributed by atoms with Crippen LogP contribution in [0.2, 0.25) is 0 Å². The van der Waals surface area contributed by atoms with Gasteiger partial charge in [0, 0.05) is 28.4 Å². The van der Waals surface area contributed by atoms with Crippen LogP contribution in [0, 0.1) is 26.6 Å². The highest BCUT2D eigenvalue weighted by Gasteiger charge is 2.09. The lowest BCUT2D eigenvalue weighted by atomic mass is 10.2. The second-order valence-electron chi connectivity index (χ2n) is 4.40. The Morgan fingerprint density at radius 2 is 1.79 bits per heavy atom. The van der Waals surface area contributed by atoms with Gasteiger partial charge in [-0.3, -0.25) is 0 Å². The third-order valence-electron chi connectivity index (χ3n) is 3.11. The van der Waals surface area contributed by atoms with Crippen LogP contribution in [-0.4, -0.2) is 9.97 Å². The van der Waals surface area contributed by atoms with Gasteiger partial charge in [0.25, 0.3) is 0 Å². The fraction of sp³-hybridized carbons (Fsp3) is 0.286. The summed E-state index contributed by atoms with van der Waals surface area (Å²) in [6, 6.07) is 4.72. The van der Waals surface area contributed by atoms with E-state index in [9.17, 15) is 4.39 Å². The number of halogens is 1. The number of aromatic nitrogens is 2. The highest BCUT2D eigenvalue weighted by molar-refractivity contribution is 7.98. The zero-order valence-corrected chi connectivity index (χ0v) is 12.0. The first kappa shape index (κ1) is 13.8. The highest BCUT2D eigenvalue weighted by atomic mass is 32.2. The molecule has 3 nitrogen and oxygen atoms in total. The van der Waals surface area contributed by atoms with Gasteiger partial charge in [-0.15, -0.1) is 0 Å². The summed E-state index contributed by atoms with van der Waals surface area (Å²) < 4.78 is 13.6. The molecule has 0 aliphatic heterocycles. The number of rotatable bonds is 3. The molecule has 0 aliphatic carbocycles. The lowest BCUT2D eigenvalue weighted by Crippen LogP contribution is -2.00. The maximum atomic E-state index is 13.6. The van der Waals surface area contributed by atoms with E-state index in [2.05, 4.69) is 9.97 Å². The van der Waals surface area contributed by atoms with E-state index in [1.54, 1.807) is 12.1 Å². The summed E-state index contributed by atoms with van der Waals surface area (Å²) in [5.41, 5.74) is 9.75. The molecule has 0 radical (unpaired) electrons. The van der Waals surface area contributed by atoms with Crippen molar-refractivity contribution >= 4 is 17.4 Å². The van der Waals surface area contributed by atoms with Crippen LogP contribution >= 0.6 is 11.8 Å². The molecule has 0 saturated carbocycles. The van der Waals surface area contributed by atoms with E-state index in [1.807, 2.05) is 20.8 Å². The number of anilines is 1. The summed E-state index contributed by atoms with van der Waals surface area (Å²) in [5.74, 6) is 0.147. The molecule has 0 aliphatic rings. The van der Waals surface area contributed by atoms with Gasteiger partial charge in [0.2, 0.25) is 0 Å². The molecular formula is C14H16FN3S. The number of hydrogen-bond donors (Lipinski definition) is 1. The largest absolute Gasteiger partial charge is 0.398 e. The number of nitrogens with zero attached hydrogens (tertiary/aromatic N) is 2. The minimum atomic E-state index is -0.284. The molecule has 1 heterocycles. The Labute approximate surface area is 116 Å². The van der Waals surface area contributed by atoms with Crippen molar-refractivity contribution in [3.63, 3.8) is 0 Å². The Kier molecular flexibility index (Phi) is 4.04. The molecule has 0 atom stereocenters. The quantitative estimate of drug-likeness (QED) is 0.530. The molecule has 0 amide bonds. The van der Waals surface area contributed by atoms with E-state index in [-0.39, 0.29) is 5.82 Å². The molecule has 2 aromatic rings. The fourth-order valence-corrected chi connectivity index (χ4v) is 2.65. The monoisotopic (exact) mass is 277 g/mol. The molecular weight excluding hydrogens is 261 g/mol. The van der Waals surface area contributed by atoms with Crippen molar-refractivity contribution in [1.29, 1.82) is 0 Å². The van der Waals surface area contributed by atoms with Gasteiger partial charge in [0.1, 0.15) is 5.82 Å². The first-order valence-electron chi connectivity index (χ1n) is 5.96. The summed E-state index contributed by atoms with van der Waals surface area (Å²) in [5, 5.41) is 0.656. The Morgan fingerprint density at radius 3 is 2.37 bits per heavy atom. The number of nitrogens with two attached hydrogens (primary N) is 1. The van der Waals surface area contributed by atoms with E-state index >= 15 is 0 Å². The average Bonchev–Trinajstić information content (AvgIpc) is 2.35. The maximum Gasteiger partial charge on any atom is 0.188 e. The average molecular weight is 277 g/mol. The van der Waals surface area contributed by atoms with Gasteiger partial charge in [-0.05, 0) is 38.5 Å². The van der Waals surface area contributed by atoms with Gasteiger partial charge in [-0.1, -0.05) is 17.8 Å². The number of thioether (sulfide) groups is 1. The van der Waals surface area contributed by atoms with Crippen LogP contribution in [0.5, 0.6) is 0 Å². The van der Waals surface area contributed by atoms with Gasteiger partial charge < -0.3 is 5.73 Å². The van der Waals surface area contributed by atoms with Crippen molar-refractivity contribution in [3.8, 4) is 0 Å². The normalized spacial score (nSPS) is 10.7. The first-order chi connectivity index (χ1) is 8.99. The Morgan fingerprint density at radius 1 is 1.16 bits per heavy atom. The van der Waals surface area contributed by atoms with Crippen molar-refractivity contribution in [3.05, 3.63) is 46.5 Å². The molecule has 0 unspecified atom stereocenters. The van der Waals surface area contributed by atoms with E-state index in [0.29, 0.717) is 22.2 Å². The predicted octanol–water partition coefficient (Wildman–Crippen LogP) is 3.42. The van der Waals surface area contributed by atoms with Crippen molar-refractivity contribution in [2.45, 2.75) is 31.7 Å². The van der Waals surface area contributed by atoms with Crippen LogP contribution in [0.1, 0.15) is 22.5 Å². The molecule has 1 aromatic heterocycles. The van der Waals surface area contributed by atoms with Crippen molar-refractivity contribution < 1.29 is 4.39 Å². The standard InChI is InChI=1S/C14H16FN3S/c1-8-9(2)17-14(18-10(8)3)19-7-11-12(15)5-4-6-13(11)16/h4-6H,7,16H2,1-3H3. The van der Waals surface area contributed by atoms with Gasteiger partial charge in [0.15, 0.2) is 5.16 Å². The summed E-state index contributed by atoms with van der Waals surface area (Å²) in [7, 11) is 0. The minimum absolute atomic E-state index is 0.284. The first-order valence-corrected chi connectivity index (χ1v) is 6.95. The smallest absolute Gasteiger partial charge is 0.188 e. The van der Waals surface area contributed by atoms with Crippen LogP contribution < -0.4 is 5.73 Å². The minimum Gasteiger partial charge on any atom is -0.398 e. The number of hydrogen-bond acceptors (Lipinski definition) is 4. The van der Waals surface area contributed by atoms with Crippen LogP contribution in [0.25, 0.3) is 0 Å². The number of aryl methyl sites for hydroxylation is 2. The zero-order valence-electron chi connectivity index (χ0n) is 11.2. The topological polar surface area (TPSA) is 51.8 Å². The van der Waals surface area contributed by atoms with E-state index < -0.39 is 0 Å². The van der Waals surface area contributed by atoms with E-state index in [0.717, 1.165) is 17.0 Å². The second-order valence-corrected chi connectivity index (χ2v) is 5.34. The molecule has 0 spiro atoms. The Bertz CT molecular complexity index is 570. The van der Waals surface area contributed by atoms with Gasteiger partial charge in [0.05, 0.1) is 0 Å². The van der Waals surface area contributed by atoms with Gasteiger partial charge >= 0.3 is 0 Å². The number of benzene rings is 1. The molecule has 0 saturated heterocycles. The van der Waals surface area contributed by atoms with Gasteiger partial charge in [-0.2, -0.15) is 0 Å². The van der Waals surface area contributed by atoms with Crippen LogP contribution in [0.4, 0.5) is 10.1 Å². The van der Waals surface area contributed by atoms with Crippen molar-refractivity contribution in [2.24, 2.45) is 0 Å². The second kappa shape index (κ2) is 5.57. The van der Waals surface area contributed by atoms with E-state index in [4.69, 9.17) is 5.73 Å². The highest BCUT2D eigenvalue weighted by Crippen LogP contribution is 2.26. The molecule has 0 fully saturated rings. The molecule has 19 heavy (non-hydrogen) atoms. The molecule has 5 heteroatoms. The Hall–Kier alpha value is -1.62. The summed E-state index contributed by atoms with van der Waals surface area (Å²) >= 11 is 1.40. The van der Waals surface area contributed by atoms with Crippen molar-refractivity contribution in [2.75, 3.05) is 5.73 Å². The van der Waals surface area contributed by atoms with E-state index in [1.165, 1.54) is 17.8 Å². The zero-order chi connectivity index (χ0) is 14.0. The number of nitrogen functional groups attached to an aromatic ring is 1. The van der Waals surface area contributed by atoms with Crippen LogP contribution in [0.15, 0.2) is 23.4 Å². The fourth-order valence-electron chi connectivity index (χ4n) is 1.67. The lowest BCUT2D eigenvalue weighted by Gasteiger charge is -2.08. The summed E-state index contributed by atoms with van der Waals surface area (Å²) in [6.07, 6.45) is 0. The van der Waals surface area contributed by atoms with Crippen molar-refractivity contribution in [1.82, 2.24) is 9.97 Å². The molecule has 1 aromatic carbocycles. The SMILES string of the molecule is Cc1nc(SCc2c(N)cccc2F)nc(C)c1C. The maximum absolute atomic E-state index is 13.6. The van der Waals surface area contributed by atoms with Crippen LogP contribution in [-0.2, 0) is 5.75 Å². The Balaban J connectivity index is 2.19. The molecule has 2 rings (SSSR count). The molecule has 100 valence electrons. The van der Waals surface area contributed by atoms with Gasteiger partial charge in [-0.25, -0.2) is 14.4 Å².